The zero-order chi connectivity index (χ0) is 16.5. The van der Waals surface area contributed by atoms with Crippen molar-refractivity contribution < 1.29 is 9.90 Å². The summed E-state index contributed by atoms with van der Waals surface area (Å²) in [7, 11) is 1.79. The van der Waals surface area contributed by atoms with Crippen LogP contribution >= 0.6 is 0 Å². The van der Waals surface area contributed by atoms with Gasteiger partial charge < -0.3 is 10.0 Å². The van der Waals surface area contributed by atoms with Gasteiger partial charge in [-0.2, -0.15) is 0 Å². The van der Waals surface area contributed by atoms with Crippen molar-refractivity contribution >= 4 is 17.4 Å². The molecule has 2 amide bonds. The van der Waals surface area contributed by atoms with Crippen molar-refractivity contribution in [1.82, 2.24) is 4.90 Å². The van der Waals surface area contributed by atoms with E-state index in [0.29, 0.717) is 13.0 Å². The lowest BCUT2D eigenvalue weighted by atomic mass is 10.2. The molecule has 0 spiro atoms. The van der Waals surface area contributed by atoms with Gasteiger partial charge in [0, 0.05) is 13.6 Å². The molecule has 4 heteroatoms. The fourth-order valence-electron chi connectivity index (χ4n) is 2.25. The minimum absolute atomic E-state index is 0.0256. The summed E-state index contributed by atoms with van der Waals surface area (Å²) in [5, 5.41) is 8.75. The van der Waals surface area contributed by atoms with Gasteiger partial charge in [-0.15, -0.1) is 0 Å². The van der Waals surface area contributed by atoms with Crippen LogP contribution in [0.15, 0.2) is 72.8 Å². The Kier molecular flexibility index (Phi) is 6.39. The lowest BCUT2D eigenvalue weighted by molar-refractivity contribution is 0.219. The molecule has 2 rings (SSSR count). The van der Waals surface area contributed by atoms with E-state index < -0.39 is 0 Å². The van der Waals surface area contributed by atoms with Crippen LogP contribution in [0.25, 0.3) is 0 Å². The van der Waals surface area contributed by atoms with Gasteiger partial charge in [-0.25, -0.2) is 4.79 Å². The van der Waals surface area contributed by atoms with Gasteiger partial charge in [0.2, 0.25) is 0 Å². The molecule has 0 aliphatic heterocycles. The number of carbonyl (C=O) groups is 1. The molecule has 0 radical (unpaired) electrons. The molecule has 2 aromatic rings. The normalized spacial score (nSPS) is 10.7. The maximum atomic E-state index is 12.9. The van der Waals surface area contributed by atoms with E-state index in [1.54, 1.807) is 22.9 Å². The Morgan fingerprint density at radius 3 is 1.96 bits per heavy atom. The molecule has 0 saturated heterocycles. The third-order valence-corrected chi connectivity index (χ3v) is 3.45. The van der Waals surface area contributed by atoms with Crippen LogP contribution in [-0.4, -0.2) is 36.2 Å². The molecule has 0 saturated carbocycles. The van der Waals surface area contributed by atoms with Gasteiger partial charge in [-0.1, -0.05) is 48.6 Å². The van der Waals surface area contributed by atoms with Crippen molar-refractivity contribution in [2.45, 2.75) is 6.42 Å². The van der Waals surface area contributed by atoms with Crippen LogP contribution in [0.2, 0.25) is 0 Å². The van der Waals surface area contributed by atoms with Crippen molar-refractivity contribution in [3.8, 4) is 0 Å². The second-order valence-corrected chi connectivity index (χ2v) is 5.15. The highest BCUT2D eigenvalue weighted by Crippen LogP contribution is 2.26. The molecule has 0 heterocycles. The first-order chi connectivity index (χ1) is 11.2. The molecular formula is C19H22N2O2. The molecule has 0 aliphatic rings. The van der Waals surface area contributed by atoms with Crippen LogP contribution in [-0.2, 0) is 0 Å². The standard InChI is InChI=1S/C19H22N2O2/c1-20(15-9-4-10-16-22)19(23)21(17-11-5-2-6-12-17)18-13-7-3-8-14-18/h2-8,10-14,22H,9,15-16H2,1H3/b10-4+. The summed E-state index contributed by atoms with van der Waals surface area (Å²) < 4.78 is 0. The summed E-state index contributed by atoms with van der Waals surface area (Å²) in [6.07, 6.45) is 4.27. The maximum absolute atomic E-state index is 12.9. The quantitative estimate of drug-likeness (QED) is 0.824. The maximum Gasteiger partial charge on any atom is 0.328 e. The zero-order valence-corrected chi connectivity index (χ0v) is 13.3. The number of hydrogen-bond acceptors (Lipinski definition) is 2. The Balaban J connectivity index is 2.20. The number of para-hydroxylation sites is 2. The molecule has 23 heavy (non-hydrogen) atoms. The Hall–Kier alpha value is -2.59. The predicted octanol–water partition coefficient (Wildman–Crippen LogP) is 3.82. The number of nitrogens with zero attached hydrogens (tertiary/aromatic N) is 2. The van der Waals surface area contributed by atoms with Crippen LogP contribution in [0.4, 0.5) is 16.2 Å². The third-order valence-electron chi connectivity index (χ3n) is 3.45. The molecule has 0 fully saturated rings. The van der Waals surface area contributed by atoms with E-state index >= 15 is 0 Å². The average Bonchev–Trinajstić information content (AvgIpc) is 2.60. The number of urea groups is 1. The van der Waals surface area contributed by atoms with Crippen molar-refractivity contribution in [3.05, 3.63) is 72.8 Å². The van der Waals surface area contributed by atoms with E-state index in [1.807, 2.05) is 66.7 Å². The summed E-state index contributed by atoms with van der Waals surface area (Å²) >= 11 is 0. The number of carbonyl (C=O) groups excluding carboxylic acids is 1. The van der Waals surface area contributed by atoms with Gasteiger partial charge >= 0.3 is 6.03 Å². The van der Waals surface area contributed by atoms with Crippen LogP contribution in [0, 0.1) is 0 Å². The first kappa shape index (κ1) is 16.8. The van der Waals surface area contributed by atoms with Gasteiger partial charge in [-0.05, 0) is 30.7 Å². The summed E-state index contributed by atoms with van der Waals surface area (Å²) in [4.78, 5) is 16.3. The molecule has 0 aromatic heterocycles. The van der Waals surface area contributed by atoms with Gasteiger partial charge in [0.25, 0.3) is 0 Å². The Morgan fingerprint density at radius 2 is 1.48 bits per heavy atom. The first-order valence-electron chi connectivity index (χ1n) is 7.65. The topological polar surface area (TPSA) is 43.8 Å². The number of amides is 2. The molecule has 1 N–H and O–H groups in total. The van der Waals surface area contributed by atoms with Gasteiger partial charge in [0.1, 0.15) is 0 Å². The van der Waals surface area contributed by atoms with Crippen molar-refractivity contribution in [2.75, 3.05) is 25.1 Å². The number of aliphatic hydroxyl groups excluding tert-OH is 1. The summed E-state index contributed by atoms with van der Waals surface area (Å²) in [5.41, 5.74) is 1.67. The van der Waals surface area contributed by atoms with E-state index in [1.165, 1.54) is 0 Å². The van der Waals surface area contributed by atoms with Crippen molar-refractivity contribution in [3.63, 3.8) is 0 Å². The smallest absolute Gasteiger partial charge is 0.328 e. The zero-order valence-electron chi connectivity index (χ0n) is 13.3. The van der Waals surface area contributed by atoms with Gasteiger partial charge in [0.15, 0.2) is 0 Å². The highest BCUT2D eigenvalue weighted by molar-refractivity contribution is 5.99. The first-order valence-corrected chi connectivity index (χ1v) is 7.65. The SMILES string of the molecule is CN(CC/C=C/CO)C(=O)N(c1ccccc1)c1ccccc1. The Morgan fingerprint density at radius 1 is 0.957 bits per heavy atom. The number of hydrogen-bond donors (Lipinski definition) is 1. The lowest BCUT2D eigenvalue weighted by Gasteiger charge is -2.28. The van der Waals surface area contributed by atoms with Crippen molar-refractivity contribution in [2.24, 2.45) is 0 Å². The monoisotopic (exact) mass is 310 g/mol. The van der Waals surface area contributed by atoms with Crippen LogP contribution in [0.3, 0.4) is 0 Å². The van der Waals surface area contributed by atoms with E-state index in [0.717, 1.165) is 11.4 Å². The van der Waals surface area contributed by atoms with Gasteiger partial charge in [-0.3, -0.25) is 4.90 Å². The van der Waals surface area contributed by atoms with E-state index in [9.17, 15) is 4.79 Å². The predicted molar refractivity (Wildman–Crippen MR) is 93.9 cm³/mol. The fraction of sp³-hybridized carbons (Fsp3) is 0.211. The van der Waals surface area contributed by atoms with E-state index in [2.05, 4.69) is 0 Å². The number of rotatable bonds is 6. The van der Waals surface area contributed by atoms with Crippen LogP contribution in [0.5, 0.6) is 0 Å². The molecule has 0 bridgehead atoms. The van der Waals surface area contributed by atoms with E-state index in [4.69, 9.17) is 5.11 Å². The Labute approximate surface area is 137 Å². The molecular weight excluding hydrogens is 288 g/mol. The highest BCUT2D eigenvalue weighted by atomic mass is 16.2. The largest absolute Gasteiger partial charge is 0.392 e. The second kappa shape index (κ2) is 8.76. The lowest BCUT2D eigenvalue weighted by Crippen LogP contribution is -2.38. The summed E-state index contributed by atoms with van der Waals surface area (Å²) in [6.45, 7) is 0.614. The summed E-state index contributed by atoms with van der Waals surface area (Å²) in [5.74, 6) is 0. The summed E-state index contributed by atoms with van der Waals surface area (Å²) in [6, 6.07) is 19.1. The molecule has 0 unspecified atom stereocenters. The van der Waals surface area contributed by atoms with Crippen LogP contribution in [0.1, 0.15) is 6.42 Å². The Bertz CT molecular complexity index is 587. The molecule has 0 atom stereocenters. The molecule has 0 aliphatic carbocycles. The minimum atomic E-state index is -0.0835. The molecule has 120 valence electrons. The average molecular weight is 310 g/mol. The number of benzene rings is 2. The van der Waals surface area contributed by atoms with E-state index in [-0.39, 0.29) is 12.6 Å². The number of aliphatic hydroxyl groups is 1. The highest BCUT2D eigenvalue weighted by Gasteiger charge is 2.20. The molecule has 4 nitrogen and oxygen atoms in total. The fourth-order valence-corrected chi connectivity index (χ4v) is 2.25. The minimum Gasteiger partial charge on any atom is -0.392 e. The van der Waals surface area contributed by atoms with Crippen molar-refractivity contribution in [1.29, 1.82) is 0 Å². The van der Waals surface area contributed by atoms with Gasteiger partial charge in [0.05, 0.1) is 18.0 Å². The van der Waals surface area contributed by atoms with Crippen LogP contribution < -0.4 is 4.90 Å². The second-order valence-electron chi connectivity index (χ2n) is 5.15. The molecule has 2 aromatic carbocycles. The third kappa shape index (κ3) is 4.69. The number of anilines is 2.